The van der Waals surface area contributed by atoms with Crippen LogP contribution in [0.25, 0.3) is 0 Å². The molecule has 3 rings (SSSR count). The molecule has 1 aliphatic rings. The quantitative estimate of drug-likeness (QED) is 0.604. The van der Waals surface area contributed by atoms with E-state index >= 15 is 0 Å². The highest BCUT2D eigenvalue weighted by Gasteiger charge is 2.39. The standard InChI is InChI=1S/C25H34NOP/c1-18-12-8-10-14-20(18)28(21-15-11-9-13-19(21)2)17-25(6,7)23-26-22(16-27-23)24(3,4)5/h8-15,22H,16-17H2,1-7H3/t22-/m1/s1. The largest absolute Gasteiger partial charge is 0.478 e. The molecule has 2 nitrogen and oxygen atoms in total. The predicted molar refractivity (Wildman–Crippen MR) is 124 cm³/mol. The monoisotopic (exact) mass is 395 g/mol. The summed E-state index contributed by atoms with van der Waals surface area (Å²) >= 11 is 0. The lowest BCUT2D eigenvalue weighted by Gasteiger charge is -2.31. The molecular weight excluding hydrogens is 361 g/mol. The van der Waals surface area contributed by atoms with Crippen LogP contribution in [0.5, 0.6) is 0 Å². The Labute approximate surface area is 172 Å². The highest BCUT2D eigenvalue weighted by molar-refractivity contribution is 7.73. The summed E-state index contributed by atoms with van der Waals surface area (Å²) < 4.78 is 6.15. The zero-order valence-corrected chi connectivity index (χ0v) is 19.3. The Bertz CT molecular complexity index is 817. The van der Waals surface area contributed by atoms with Gasteiger partial charge >= 0.3 is 0 Å². The average molecular weight is 396 g/mol. The summed E-state index contributed by atoms with van der Waals surface area (Å²) in [5.74, 6) is 0.932. The maximum absolute atomic E-state index is 6.15. The minimum Gasteiger partial charge on any atom is -0.478 e. The van der Waals surface area contributed by atoms with E-state index in [-0.39, 0.29) is 16.9 Å². The van der Waals surface area contributed by atoms with Crippen LogP contribution in [0.3, 0.4) is 0 Å². The van der Waals surface area contributed by atoms with Gasteiger partial charge in [0, 0.05) is 5.41 Å². The molecule has 1 atom stereocenters. The van der Waals surface area contributed by atoms with E-state index in [0.717, 1.165) is 12.1 Å². The van der Waals surface area contributed by atoms with Crippen molar-refractivity contribution in [2.45, 2.75) is 54.5 Å². The predicted octanol–water partition coefficient (Wildman–Crippen LogP) is 5.61. The van der Waals surface area contributed by atoms with Crippen LogP contribution in [0.4, 0.5) is 0 Å². The summed E-state index contributed by atoms with van der Waals surface area (Å²) in [7, 11) is -0.500. The molecule has 0 saturated heterocycles. The van der Waals surface area contributed by atoms with Crippen molar-refractivity contribution in [1.82, 2.24) is 0 Å². The SMILES string of the molecule is Cc1ccccc1P(CC(C)(C)C1=N[C@@H](C(C)(C)C)CO1)c1ccccc1C. The Kier molecular flexibility index (Phi) is 6.01. The van der Waals surface area contributed by atoms with Crippen molar-refractivity contribution in [2.75, 3.05) is 12.8 Å². The molecule has 3 heteroatoms. The Morgan fingerprint density at radius 1 is 0.893 bits per heavy atom. The topological polar surface area (TPSA) is 21.6 Å². The van der Waals surface area contributed by atoms with Gasteiger partial charge in [0.05, 0.1) is 6.04 Å². The van der Waals surface area contributed by atoms with E-state index in [9.17, 15) is 0 Å². The summed E-state index contributed by atoms with van der Waals surface area (Å²) in [6.07, 6.45) is 1.04. The maximum Gasteiger partial charge on any atom is 0.189 e. The van der Waals surface area contributed by atoms with Crippen LogP contribution in [0.1, 0.15) is 45.7 Å². The number of aryl methyl sites for hydroxylation is 2. The Balaban J connectivity index is 1.98. The summed E-state index contributed by atoms with van der Waals surface area (Å²) in [6.45, 7) is 16.5. The number of aliphatic imine (C=N–C) groups is 1. The van der Waals surface area contributed by atoms with Gasteiger partial charge in [-0.05, 0) is 55.1 Å². The summed E-state index contributed by atoms with van der Waals surface area (Å²) in [5.41, 5.74) is 2.77. The van der Waals surface area contributed by atoms with Crippen molar-refractivity contribution in [1.29, 1.82) is 0 Å². The molecular formula is C25H34NOP. The fourth-order valence-electron chi connectivity index (χ4n) is 3.68. The first-order valence-electron chi connectivity index (χ1n) is 10.2. The molecule has 0 aliphatic carbocycles. The second-order valence-corrected chi connectivity index (χ2v) is 11.8. The summed E-state index contributed by atoms with van der Waals surface area (Å²) in [6, 6.07) is 17.9. The second-order valence-electron chi connectivity index (χ2n) is 9.67. The number of ether oxygens (including phenoxy) is 1. The van der Waals surface area contributed by atoms with Crippen molar-refractivity contribution in [2.24, 2.45) is 15.8 Å². The van der Waals surface area contributed by atoms with E-state index in [4.69, 9.17) is 9.73 Å². The number of benzene rings is 2. The smallest absolute Gasteiger partial charge is 0.189 e. The fraction of sp³-hybridized carbons (Fsp3) is 0.480. The molecule has 0 N–H and O–H groups in total. The van der Waals surface area contributed by atoms with Gasteiger partial charge in [-0.3, -0.25) is 0 Å². The van der Waals surface area contributed by atoms with E-state index in [1.165, 1.54) is 21.7 Å². The highest BCUT2D eigenvalue weighted by atomic mass is 31.1. The molecule has 0 amide bonds. The van der Waals surface area contributed by atoms with Crippen LogP contribution in [0.15, 0.2) is 53.5 Å². The number of hydrogen-bond acceptors (Lipinski definition) is 2. The summed E-state index contributed by atoms with van der Waals surface area (Å²) in [4.78, 5) is 5.02. The third-order valence-electron chi connectivity index (χ3n) is 5.60. The van der Waals surface area contributed by atoms with Crippen molar-refractivity contribution < 1.29 is 4.74 Å². The maximum atomic E-state index is 6.15. The van der Waals surface area contributed by atoms with E-state index in [2.05, 4.69) is 97.0 Å². The average Bonchev–Trinajstić information content (AvgIpc) is 3.13. The van der Waals surface area contributed by atoms with E-state index in [1.54, 1.807) is 0 Å². The van der Waals surface area contributed by atoms with Gasteiger partial charge in [0.2, 0.25) is 0 Å². The summed E-state index contributed by atoms with van der Waals surface area (Å²) in [5, 5.41) is 2.93. The molecule has 0 spiro atoms. The molecule has 1 heterocycles. The first kappa shape index (κ1) is 21.1. The van der Waals surface area contributed by atoms with Crippen molar-refractivity contribution in [3.8, 4) is 0 Å². The van der Waals surface area contributed by atoms with Crippen LogP contribution in [0.2, 0.25) is 0 Å². The molecule has 0 saturated carbocycles. The van der Waals surface area contributed by atoms with Gasteiger partial charge in [0.15, 0.2) is 5.90 Å². The van der Waals surface area contributed by atoms with Crippen LogP contribution < -0.4 is 10.6 Å². The molecule has 0 aromatic heterocycles. The number of rotatable bonds is 5. The molecule has 0 unspecified atom stereocenters. The lowest BCUT2D eigenvalue weighted by Crippen LogP contribution is -2.32. The van der Waals surface area contributed by atoms with Crippen LogP contribution in [0, 0.1) is 24.7 Å². The lowest BCUT2D eigenvalue weighted by molar-refractivity contribution is 0.223. The second kappa shape index (κ2) is 7.99. The molecule has 0 bridgehead atoms. The first-order valence-corrected chi connectivity index (χ1v) is 11.7. The minimum absolute atomic E-state index is 0.101. The molecule has 0 fully saturated rings. The van der Waals surface area contributed by atoms with Crippen molar-refractivity contribution in [3.63, 3.8) is 0 Å². The van der Waals surface area contributed by atoms with Gasteiger partial charge in [0.1, 0.15) is 6.61 Å². The Morgan fingerprint density at radius 3 is 1.82 bits per heavy atom. The third-order valence-corrected chi connectivity index (χ3v) is 8.87. The number of nitrogens with zero attached hydrogens (tertiary/aromatic N) is 1. The van der Waals surface area contributed by atoms with Crippen LogP contribution >= 0.6 is 7.92 Å². The molecule has 1 aliphatic heterocycles. The fourth-order valence-corrected chi connectivity index (χ4v) is 6.74. The van der Waals surface area contributed by atoms with Crippen LogP contribution in [-0.4, -0.2) is 24.7 Å². The molecule has 0 radical (unpaired) electrons. The van der Waals surface area contributed by atoms with E-state index in [1.807, 2.05) is 0 Å². The highest BCUT2D eigenvalue weighted by Crippen LogP contribution is 2.44. The Hall–Kier alpha value is -1.66. The van der Waals surface area contributed by atoms with Gasteiger partial charge in [-0.1, -0.05) is 83.1 Å². The van der Waals surface area contributed by atoms with Crippen molar-refractivity contribution >= 4 is 24.4 Å². The van der Waals surface area contributed by atoms with E-state index < -0.39 is 7.92 Å². The first-order chi connectivity index (χ1) is 13.1. The van der Waals surface area contributed by atoms with Crippen molar-refractivity contribution in [3.05, 3.63) is 59.7 Å². The third kappa shape index (κ3) is 4.49. The molecule has 150 valence electrons. The van der Waals surface area contributed by atoms with Gasteiger partial charge in [-0.25, -0.2) is 4.99 Å². The van der Waals surface area contributed by atoms with E-state index in [0.29, 0.717) is 6.61 Å². The number of hydrogen-bond donors (Lipinski definition) is 0. The van der Waals surface area contributed by atoms with Gasteiger partial charge in [-0.15, -0.1) is 0 Å². The van der Waals surface area contributed by atoms with Crippen LogP contribution in [-0.2, 0) is 4.74 Å². The molecule has 2 aromatic carbocycles. The normalized spacial score (nSPS) is 17.6. The molecule has 2 aromatic rings. The van der Waals surface area contributed by atoms with Gasteiger partial charge < -0.3 is 4.74 Å². The van der Waals surface area contributed by atoms with Gasteiger partial charge in [-0.2, -0.15) is 0 Å². The zero-order valence-electron chi connectivity index (χ0n) is 18.4. The van der Waals surface area contributed by atoms with Gasteiger partial charge in [0.25, 0.3) is 0 Å². The minimum atomic E-state index is -0.500. The Morgan fingerprint density at radius 2 is 1.39 bits per heavy atom. The zero-order chi connectivity index (χ0) is 20.5. The lowest BCUT2D eigenvalue weighted by atomic mass is 9.88. The molecule has 28 heavy (non-hydrogen) atoms.